The number of nitrogens with two attached hydrogens (primary N) is 1. The maximum atomic E-state index is 11.0. The van der Waals surface area contributed by atoms with E-state index < -0.39 is 0 Å². The van der Waals surface area contributed by atoms with Gasteiger partial charge in [0.1, 0.15) is 0 Å². The number of rotatable bonds is 3. The van der Waals surface area contributed by atoms with Crippen molar-refractivity contribution < 1.29 is 4.79 Å². The van der Waals surface area contributed by atoms with Crippen molar-refractivity contribution >= 4 is 5.91 Å². The van der Waals surface area contributed by atoms with Gasteiger partial charge in [0.25, 0.3) is 0 Å². The van der Waals surface area contributed by atoms with Crippen LogP contribution in [0.2, 0.25) is 0 Å². The molecule has 0 aromatic carbocycles. The summed E-state index contributed by atoms with van der Waals surface area (Å²) in [5.41, 5.74) is 5.29. The smallest absolute Gasteiger partial charge is 0.221 e. The highest BCUT2D eigenvalue weighted by atomic mass is 16.1. The Balaban J connectivity index is 1.85. The van der Waals surface area contributed by atoms with Gasteiger partial charge in [-0.05, 0) is 25.8 Å². The third-order valence-corrected chi connectivity index (χ3v) is 3.63. The predicted molar refractivity (Wildman–Crippen MR) is 59.4 cm³/mol. The van der Waals surface area contributed by atoms with Crippen molar-refractivity contribution in [3.05, 3.63) is 0 Å². The zero-order valence-corrected chi connectivity index (χ0v) is 9.41. The fourth-order valence-electron chi connectivity index (χ4n) is 2.66. The van der Waals surface area contributed by atoms with Gasteiger partial charge in [-0.15, -0.1) is 0 Å². The van der Waals surface area contributed by atoms with Crippen molar-refractivity contribution in [2.45, 2.75) is 38.3 Å². The Kier molecular flexibility index (Phi) is 3.26. The van der Waals surface area contributed by atoms with E-state index in [0.29, 0.717) is 12.1 Å². The lowest BCUT2D eigenvalue weighted by Gasteiger charge is -2.25. The lowest BCUT2D eigenvalue weighted by molar-refractivity contribution is -0.121. The zero-order chi connectivity index (χ0) is 10.8. The van der Waals surface area contributed by atoms with Crippen molar-refractivity contribution in [2.75, 3.05) is 19.6 Å². The van der Waals surface area contributed by atoms with E-state index in [9.17, 15) is 4.79 Å². The molecule has 2 rings (SSSR count). The van der Waals surface area contributed by atoms with E-state index in [1.165, 1.54) is 19.3 Å². The first-order valence-electron chi connectivity index (χ1n) is 5.93. The molecule has 2 saturated heterocycles. The molecule has 0 saturated carbocycles. The molecule has 86 valence electrons. The summed E-state index contributed by atoms with van der Waals surface area (Å²) in [6.45, 7) is 4.92. The first-order chi connectivity index (χ1) is 7.15. The maximum Gasteiger partial charge on any atom is 0.221 e. The van der Waals surface area contributed by atoms with Crippen molar-refractivity contribution in [1.29, 1.82) is 0 Å². The minimum atomic E-state index is -0.183. The fourth-order valence-corrected chi connectivity index (χ4v) is 2.66. The number of nitrogens with zero attached hydrogens (tertiary/aromatic N) is 1. The molecule has 3 unspecified atom stereocenters. The SMILES string of the molecule is CC(CN1CCC2CCC(C1)N2)C(N)=O. The van der Waals surface area contributed by atoms with Gasteiger partial charge in [-0.2, -0.15) is 0 Å². The molecule has 0 aliphatic carbocycles. The second-order valence-corrected chi connectivity index (χ2v) is 4.99. The molecule has 4 nitrogen and oxygen atoms in total. The molecule has 15 heavy (non-hydrogen) atoms. The summed E-state index contributed by atoms with van der Waals surface area (Å²) in [6.07, 6.45) is 3.82. The summed E-state index contributed by atoms with van der Waals surface area (Å²) in [5.74, 6) is -0.209. The molecule has 0 spiro atoms. The van der Waals surface area contributed by atoms with Gasteiger partial charge in [-0.25, -0.2) is 0 Å². The van der Waals surface area contributed by atoms with Crippen LogP contribution in [-0.4, -0.2) is 42.5 Å². The van der Waals surface area contributed by atoms with Crippen molar-refractivity contribution in [3.63, 3.8) is 0 Å². The number of primary amides is 1. The van der Waals surface area contributed by atoms with Crippen molar-refractivity contribution in [3.8, 4) is 0 Å². The molecule has 0 aromatic heterocycles. The highest BCUT2D eigenvalue weighted by Crippen LogP contribution is 2.20. The van der Waals surface area contributed by atoms with Crippen LogP contribution in [0, 0.1) is 5.92 Å². The van der Waals surface area contributed by atoms with Gasteiger partial charge < -0.3 is 16.0 Å². The summed E-state index contributed by atoms with van der Waals surface area (Å²) in [6, 6.07) is 1.35. The summed E-state index contributed by atoms with van der Waals surface area (Å²) in [7, 11) is 0. The lowest BCUT2D eigenvalue weighted by Crippen LogP contribution is -2.40. The van der Waals surface area contributed by atoms with E-state index in [1.807, 2.05) is 6.92 Å². The number of nitrogens with one attached hydrogen (secondary N) is 1. The second kappa shape index (κ2) is 4.49. The Morgan fingerprint density at radius 2 is 2.20 bits per heavy atom. The summed E-state index contributed by atoms with van der Waals surface area (Å²) >= 11 is 0. The van der Waals surface area contributed by atoms with Crippen LogP contribution in [0.1, 0.15) is 26.2 Å². The summed E-state index contributed by atoms with van der Waals surface area (Å²) in [5, 5.41) is 3.63. The monoisotopic (exact) mass is 211 g/mol. The normalized spacial score (nSPS) is 33.7. The molecule has 2 aliphatic rings. The van der Waals surface area contributed by atoms with Crippen LogP contribution in [0.3, 0.4) is 0 Å². The van der Waals surface area contributed by atoms with Crippen LogP contribution in [-0.2, 0) is 4.79 Å². The Hall–Kier alpha value is -0.610. The van der Waals surface area contributed by atoms with Gasteiger partial charge in [0.15, 0.2) is 0 Å². The molecule has 3 atom stereocenters. The fraction of sp³-hybridized carbons (Fsp3) is 0.909. The van der Waals surface area contributed by atoms with E-state index >= 15 is 0 Å². The number of hydrogen-bond acceptors (Lipinski definition) is 3. The topological polar surface area (TPSA) is 58.4 Å². The van der Waals surface area contributed by atoms with E-state index in [-0.39, 0.29) is 11.8 Å². The van der Waals surface area contributed by atoms with Crippen LogP contribution in [0.15, 0.2) is 0 Å². The molecule has 3 N–H and O–H groups in total. The largest absolute Gasteiger partial charge is 0.369 e. The highest BCUT2D eigenvalue weighted by molar-refractivity contribution is 5.76. The molecule has 2 heterocycles. The third-order valence-electron chi connectivity index (χ3n) is 3.63. The van der Waals surface area contributed by atoms with Crippen LogP contribution in [0.5, 0.6) is 0 Å². The number of carbonyl (C=O) groups is 1. The van der Waals surface area contributed by atoms with E-state index in [2.05, 4.69) is 10.2 Å². The van der Waals surface area contributed by atoms with Gasteiger partial charge in [-0.3, -0.25) is 4.79 Å². The quantitative estimate of drug-likeness (QED) is 0.687. The third kappa shape index (κ3) is 2.69. The van der Waals surface area contributed by atoms with Crippen molar-refractivity contribution in [2.24, 2.45) is 11.7 Å². The maximum absolute atomic E-state index is 11.0. The van der Waals surface area contributed by atoms with Crippen LogP contribution in [0.4, 0.5) is 0 Å². The molecule has 0 aromatic rings. The number of likely N-dealkylation sites (tertiary alicyclic amines) is 1. The Morgan fingerprint density at radius 1 is 1.47 bits per heavy atom. The molecule has 2 aliphatic heterocycles. The molecule has 1 amide bonds. The number of carbonyl (C=O) groups excluding carboxylic acids is 1. The van der Waals surface area contributed by atoms with Crippen LogP contribution in [0.25, 0.3) is 0 Å². The van der Waals surface area contributed by atoms with E-state index in [4.69, 9.17) is 5.73 Å². The predicted octanol–water partition coefficient (Wildman–Crippen LogP) is -0.0659. The van der Waals surface area contributed by atoms with E-state index in [1.54, 1.807) is 0 Å². The highest BCUT2D eigenvalue weighted by Gasteiger charge is 2.29. The Labute approximate surface area is 91.2 Å². The second-order valence-electron chi connectivity index (χ2n) is 4.99. The Morgan fingerprint density at radius 3 is 2.93 bits per heavy atom. The number of hydrogen-bond donors (Lipinski definition) is 2. The number of amides is 1. The Bertz CT molecular complexity index is 244. The van der Waals surface area contributed by atoms with Gasteiger partial charge >= 0.3 is 0 Å². The average Bonchev–Trinajstić information content (AvgIpc) is 2.50. The summed E-state index contributed by atoms with van der Waals surface area (Å²) < 4.78 is 0. The zero-order valence-electron chi connectivity index (χ0n) is 9.41. The first-order valence-corrected chi connectivity index (χ1v) is 5.93. The molecule has 2 bridgehead atoms. The first kappa shape index (κ1) is 10.9. The minimum absolute atomic E-state index is 0.0263. The minimum Gasteiger partial charge on any atom is -0.369 e. The van der Waals surface area contributed by atoms with Gasteiger partial charge in [0.05, 0.1) is 0 Å². The van der Waals surface area contributed by atoms with Crippen LogP contribution >= 0.6 is 0 Å². The van der Waals surface area contributed by atoms with E-state index in [0.717, 1.165) is 19.6 Å². The molecular weight excluding hydrogens is 190 g/mol. The molecular formula is C11H21N3O. The average molecular weight is 211 g/mol. The lowest BCUT2D eigenvalue weighted by atomic mass is 10.1. The van der Waals surface area contributed by atoms with Crippen LogP contribution < -0.4 is 11.1 Å². The molecule has 4 heteroatoms. The van der Waals surface area contributed by atoms with Gasteiger partial charge in [0.2, 0.25) is 5.91 Å². The molecule has 2 fully saturated rings. The van der Waals surface area contributed by atoms with Crippen molar-refractivity contribution in [1.82, 2.24) is 10.2 Å². The van der Waals surface area contributed by atoms with Gasteiger partial charge in [-0.1, -0.05) is 6.92 Å². The van der Waals surface area contributed by atoms with Gasteiger partial charge in [0, 0.05) is 31.1 Å². The molecule has 0 radical (unpaired) electrons. The standard InChI is InChI=1S/C11H21N3O/c1-8(11(12)15)6-14-5-4-9-2-3-10(7-14)13-9/h8-10,13H,2-7H2,1H3,(H2,12,15). The summed E-state index contributed by atoms with van der Waals surface area (Å²) in [4.78, 5) is 13.4. The number of fused-ring (bicyclic) bond motifs is 2.